The topological polar surface area (TPSA) is 132 Å². The van der Waals surface area contributed by atoms with E-state index >= 15 is 0 Å². The quantitative estimate of drug-likeness (QED) is 0.263. The van der Waals surface area contributed by atoms with Crippen molar-refractivity contribution in [2.24, 2.45) is 0 Å². The molecule has 11 nitrogen and oxygen atoms in total. The van der Waals surface area contributed by atoms with Gasteiger partial charge in [0.2, 0.25) is 11.8 Å². The Morgan fingerprint density at radius 3 is 1.32 bits per heavy atom. The first kappa shape index (κ1) is 28.3. The van der Waals surface area contributed by atoms with Gasteiger partial charge in [-0.1, -0.05) is 60.7 Å². The number of hydrogen-bond donors (Lipinski definition) is 0. The van der Waals surface area contributed by atoms with E-state index in [-0.39, 0.29) is 12.0 Å². The number of imide groups is 4. The lowest BCUT2D eigenvalue weighted by Crippen LogP contribution is -2.52. The molecule has 2 saturated heterocycles. The van der Waals surface area contributed by atoms with Crippen LogP contribution in [0.2, 0.25) is 0 Å². The van der Waals surface area contributed by atoms with Crippen LogP contribution < -0.4 is 0 Å². The number of benzene rings is 2. The fraction of sp³-hybridized carbons (Fsp3) is 0.192. The molecule has 0 saturated carbocycles. The van der Waals surface area contributed by atoms with E-state index in [9.17, 15) is 33.6 Å². The van der Waals surface area contributed by atoms with Crippen molar-refractivity contribution in [1.82, 2.24) is 19.6 Å². The first-order valence-electron chi connectivity index (χ1n) is 10.9. The average Bonchev–Trinajstić information content (AvgIpc) is 2.92. The minimum Gasteiger partial charge on any atom is -0.298 e. The van der Waals surface area contributed by atoms with E-state index in [0.29, 0.717) is 0 Å². The second-order valence-electron chi connectivity index (χ2n) is 7.87. The van der Waals surface area contributed by atoms with Crippen LogP contribution in [0.5, 0.6) is 0 Å². The Labute approximate surface area is 213 Å². The normalized spacial score (nSPS) is 15.6. The van der Waals surface area contributed by atoms with Gasteiger partial charge in [0.15, 0.2) is 0 Å². The summed E-state index contributed by atoms with van der Waals surface area (Å²) in [5.74, 6) is -2.05. The molecule has 2 aliphatic rings. The van der Waals surface area contributed by atoms with Gasteiger partial charge in [-0.3, -0.25) is 43.6 Å². The molecule has 0 aromatic heterocycles. The summed E-state index contributed by atoms with van der Waals surface area (Å²) in [5, 5.41) is 0. The van der Waals surface area contributed by atoms with Crippen LogP contribution in [-0.2, 0) is 19.2 Å². The fourth-order valence-electron chi connectivity index (χ4n) is 3.03. The van der Waals surface area contributed by atoms with E-state index in [1.165, 1.54) is 34.3 Å². The lowest BCUT2D eigenvalue weighted by Gasteiger charge is -2.28. The molecule has 192 valence electrons. The molecule has 0 radical (unpaired) electrons. The number of carbonyl (C=O) groups excluding carboxylic acids is 7. The van der Waals surface area contributed by atoms with Gasteiger partial charge in [0.1, 0.15) is 18.3 Å². The van der Waals surface area contributed by atoms with Gasteiger partial charge in [-0.2, -0.15) is 0 Å². The molecule has 0 N–H and O–H groups in total. The number of likely N-dealkylation sites (N-methyl/N-ethyl adjacent to an activating group) is 2. The predicted octanol–water partition coefficient (Wildman–Crippen LogP) is 2.05. The lowest BCUT2D eigenvalue weighted by atomic mass is 10.1. The Kier molecular flexibility index (Phi) is 9.70. The van der Waals surface area contributed by atoms with Gasteiger partial charge in [-0.05, 0) is 11.6 Å². The van der Waals surface area contributed by atoms with Crippen molar-refractivity contribution in [2.75, 3.05) is 28.2 Å². The zero-order valence-corrected chi connectivity index (χ0v) is 20.8. The highest BCUT2D eigenvalue weighted by Gasteiger charge is 2.37. The van der Waals surface area contributed by atoms with Gasteiger partial charge in [0.05, 0.1) is 0 Å². The van der Waals surface area contributed by atoms with Gasteiger partial charge < -0.3 is 0 Å². The Hall–Kier alpha value is -4.93. The van der Waals surface area contributed by atoms with E-state index < -0.39 is 35.7 Å². The van der Waals surface area contributed by atoms with Crippen molar-refractivity contribution in [3.05, 3.63) is 77.4 Å². The molecule has 0 bridgehead atoms. The third kappa shape index (κ3) is 7.04. The molecule has 8 amide bonds. The van der Waals surface area contributed by atoms with Crippen molar-refractivity contribution in [3.63, 3.8) is 0 Å². The van der Waals surface area contributed by atoms with E-state index in [1.807, 2.05) is 36.4 Å². The molecule has 0 atom stereocenters. The van der Waals surface area contributed by atoms with Crippen LogP contribution >= 0.6 is 0 Å². The standard InChI is InChI=1S/C13H12N2O3.C7H6O.C6H8N2O3/c1-14-11(16)10(12(17)15(2)13(14)18)8-9-6-4-3-5-7-9;8-6-7-4-2-1-3-5-7;1-7-4(9)3-5(10)8(2)6(7)11/h3-8H,1-2H3;1-6H;3H2,1-2H3. The second-order valence-corrected chi connectivity index (χ2v) is 7.87. The highest BCUT2D eigenvalue weighted by Crippen LogP contribution is 2.17. The number of aldehydes is 1. The number of carbonyl (C=O) groups is 7. The molecule has 0 aliphatic carbocycles. The second kappa shape index (κ2) is 12.7. The molecule has 2 heterocycles. The average molecular weight is 507 g/mol. The monoisotopic (exact) mass is 506 g/mol. The minimum atomic E-state index is -0.616. The number of urea groups is 2. The molecule has 11 heteroatoms. The third-order valence-electron chi connectivity index (χ3n) is 5.31. The largest absolute Gasteiger partial charge is 0.333 e. The van der Waals surface area contributed by atoms with Crippen molar-refractivity contribution in [2.45, 2.75) is 6.42 Å². The Balaban J connectivity index is 0.000000215. The summed E-state index contributed by atoms with van der Waals surface area (Å²) in [5.41, 5.74) is 1.46. The van der Waals surface area contributed by atoms with Crippen molar-refractivity contribution < 1.29 is 33.6 Å². The number of rotatable bonds is 2. The van der Waals surface area contributed by atoms with E-state index in [4.69, 9.17) is 0 Å². The van der Waals surface area contributed by atoms with E-state index in [1.54, 1.807) is 24.3 Å². The summed E-state index contributed by atoms with van der Waals surface area (Å²) in [6.07, 6.45) is 2.11. The molecule has 0 unspecified atom stereocenters. The smallest absolute Gasteiger partial charge is 0.298 e. The van der Waals surface area contributed by atoms with Gasteiger partial charge >= 0.3 is 12.1 Å². The first-order chi connectivity index (χ1) is 17.5. The predicted molar refractivity (Wildman–Crippen MR) is 133 cm³/mol. The highest BCUT2D eigenvalue weighted by atomic mass is 16.2. The summed E-state index contributed by atoms with van der Waals surface area (Å²) in [4.78, 5) is 81.6. The minimum absolute atomic E-state index is 0.00852. The molecule has 2 fully saturated rings. The summed E-state index contributed by atoms with van der Waals surface area (Å²) in [6.45, 7) is 0. The van der Waals surface area contributed by atoms with Crippen LogP contribution in [0.4, 0.5) is 9.59 Å². The van der Waals surface area contributed by atoms with Crippen LogP contribution in [0.15, 0.2) is 66.2 Å². The van der Waals surface area contributed by atoms with Gasteiger partial charge in [-0.15, -0.1) is 0 Å². The molecule has 0 spiro atoms. The molecule has 2 aromatic rings. The van der Waals surface area contributed by atoms with Gasteiger partial charge in [0.25, 0.3) is 11.8 Å². The van der Waals surface area contributed by atoms with Crippen LogP contribution in [0.1, 0.15) is 22.3 Å². The summed E-state index contributed by atoms with van der Waals surface area (Å²) >= 11 is 0. The van der Waals surface area contributed by atoms with Gasteiger partial charge in [-0.25, -0.2) is 9.59 Å². The van der Waals surface area contributed by atoms with Gasteiger partial charge in [0, 0.05) is 33.8 Å². The van der Waals surface area contributed by atoms with Crippen LogP contribution in [0.25, 0.3) is 6.08 Å². The number of hydrogen-bond acceptors (Lipinski definition) is 7. The first-order valence-corrected chi connectivity index (χ1v) is 10.9. The van der Waals surface area contributed by atoms with Crippen molar-refractivity contribution in [1.29, 1.82) is 0 Å². The van der Waals surface area contributed by atoms with Crippen molar-refractivity contribution in [3.8, 4) is 0 Å². The maximum absolute atomic E-state index is 11.9. The molecule has 4 rings (SSSR count). The summed E-state index contributed by atoms with van der Waals surface area (Å²) < 4.78 is 0. The van der Waals surface area contributed by atoms with Crippen LogP contribution in [-0.4, -0.2) is 89.8 Å². The third-order valence-corrected chi connectivity index (χ3v) is 5.31. The Morgan fingerprint density at radius 2 is 0.946 bits per heavy atom. The molecular weight excluding hydrogens is 480 g/mol. The SMILES string of the molecule is CN1C(=O)C(=Cc2ccccc2)C(=O)N(C)C1=O.CN1C(=O)CC(=O)N(C)C1=O.O=Cc1ccccc1. The lowest BCUT2D eigenvalue weighted by molar-refractivity contribution is -0.141. The Morgan fingerprint density at radius 1 is 0.568 bits per heavy atom. The Bertz CT molecular complexity index is 1190. The number of barbiturate groups is 2. The van der Waals surface area contributed by atoms with Crippen molar-refractivity contribution >= 4 is 48.1 Å². The summed E-state index contributed by atoms with van der Waals surface area (Å²) in [6, 6.07) is 16.9. The molecular formula is C26H26N4O7. The number of amides is 8. The summed E-state index contributed by atoms with van der Waals surface area (Å²) in [7, 11) is 5.42. The van der Waals surface area contributed by atoms with E-state index in [0.717, 1.165) is 37.0 Å². The van der Waals surface area contributed by atoms with E-state index in [2.05, 4.69) is 0 Å². The fourth-order valence-corrected chi connectivity index (χ4v) is 3.03. The van der Waals surface area contributed by atoms with Crippen LogP contribution in [0.3, 0.4) is 0 Å². The maximum atomic E-state index is 11.9. The molecule has 2 aliphatic heterocycles. The number of nitrogens with zero attached hydrogens (tertiary/aromatic N) is 4. The highest BCUT2D eigenvalue weighted by molar-refractivity contribution is 6.30. The maximum Gasteiger partial charge on any atom is 0.333 e. The molecule has 2 aromatic carbocycles. The van der Waals surface area contributed by atoms with Crippen LogP contribution in [0, 0.1) is 0 Å². The zero-order chi connectivity index (χ0) is 27.7. The zero-order valence-electron chi connectivity index (χ0n) is 20.8. The molecule has 37 heavy (non-hydrogen) atoms.